The van der Waals surface area contributed by atoms with E-state index < -0.39 is 33.1 Å². The van der Waals surface area contributed by atoms with E-state index >= 15 is 0 Å². The molecular weight excluding hydrogens is 455 g/mol. The van der Waals surface area contributed by atoms with Gasteiger partial charge in [-0.05, 0) is 12.2 Å². The van der Waals surface area contributed by atoms with Crippen LogP contribution < -0.4 is 10.2 Å². The van der Waals surface area contributed by atoms with Gasteiger partial charge in [0, 0.05) is 0 Å². The first-order chi connectivity index (χ1) is 12.8. The van der Waals surface area contributed by atoms with Crippen molar-refractivity contribution >= 4 is 40.7 Å². The van der Waals surface area contributed by atoms with Crippen molar-refractivity contribution < 1.29 is 29.4 Å². The quantitative estimate of drug-likeness (QED) is 0.185. The van der Waals surface area contributed by atoms with Crippen LogP contribution in [-0.2, 0) is 19.2 Å². The van der Waals surface area contributed by atoms with Gasteiger partial charge in [-0.2, -0.15) is 0 Å². The van der Waals surface area contributed by atoms with E-state index in [1.54, 1.807) is 0 Å². The predicted molar refractivity (Wildman–Crippen MR) is 102 cm³/mol. The van der Waals surface area contributed by atoms with E-state index in [-0.39, 0.29) is 0 Å². The van der Waals surface area contributed by atoms with Crippen LogP contribution in [0.5, 0.6) is 0 Å². The summed E-state index contributed by atoms with van der Waals surface area (Å²) in [6.45, 7) is 4.39. The number of carboxylic acids is 2. The first-order valence-corrected chi connectivity index (χ1v) is 12.6. The third kappa shape index (κ3) is 27.1. The molecule has 0 aliphatic rings. The third-order valence-corrected chi connectivity index (χ3v) is 6.67. The van der Waals surface area contributed by atoms with E-state index in [1.165, 1.54) is 38.5 Å². The second kappa shape index (κ2) is 21.1. The molecule has 0 rings (SSSR count). The van der Waals surface area contributed by atoms with Gasteiger partial charge in [-0.25, -0.2) is 0 Å². The first-order valence-electron chi connectivity index (χ1n) is 9.76. The molecule has 0 fully saturated rings. The molecule has 0 saturated carbocycles. The van der Waals surface area contributed by atoms with Crippen molar-refractivity contribution in [3.8, 4) is 0 Å². The summed E-state index contributed by atoms with van der Waals surface area (Å²) in [6, 6.07) is 0. The van der Waals surface area contributed by atoms with Crippen LogP contribution in [0.25, 0.3) is 0 Å². The minimum absolute atomic E-state index is 0.318. The Hall–Kier alpha value is -1.18. The number of carbonyl (C=O) groups is 4. The zero-order valence-corrected chi connectivity index (χ0v) is 19.4. The molecule has 0 amide bonds. The topological polar surface area (TPSA) is 114 Å². The zero-order chi connectivity index (χ0) is 20.9. The summed E-state index contributed by atoms with van der Waals surface area (Å²) < 4.78 is 0.636. The Morgan fingerprint density at radius 3 is 1.26 bits per heavy atom. The summed E-state index contributed by atoms with van der Waals surface area (Å²) in [5, 5.41) is 18.8. The summed E-state index contributed by atoms with van der Waals surface area (Å²) >= 11 is -1.38. The summed E-state index contributed by atoms with van der Waals surface area (Å²) in [5.74, 6) is -3.09. The Labute approximate surface area is 173 Å². The SMILES string of the molecule is CCCCCCC[C](=O)[Sn+2][C](=O)CCCCCCC.O=C([O-])/C=C\C(=O)[O-]. The van der Waals surface area contributed by atoms with E-state index in [2.05, 4.69) is 13.8 Å². The van der Waals surface area contributed by atoms with Gasteiger partial charge in [-0.3, -0.25) is 0 Å². The number of carbonyl (C=O) groups excluding carboxylic acids is 4. The van der Waals surface area contributed by atoms with Gasteiger partial charge in [0.15, 0.2) is 0 Å². The summed E-state index contributed by atoms with van der Waals surface area (Å²) in [5.41, 5.74) is 0. The molecule has 27 heavy (non-hydrogen) atoms. The average Bonchev–Trinajstić information content (AvgIpc) is 2.60. The maximum atomic E-state index is 11.7. The van der Waals surface area contributed by atoms with Crippen LogP contribution in [-0.4, -0.2) is 40.7 Å². The first kappa shape index (κ1) is 28.0. The zero-order valence-electron chi connectivity index (χ0n) is 16.6. The molecule has 0 heterocycles. The van der Waals surface area contributed by atoms with Gasteiger partial charge in [-0.15, -0.1) is 0 Å². The summed E-state index contributed by atoms with van der Waals surface area (Å²) in [6.07, 6.45) is 13.9. The van der Waals surface area contributed by atoms with Gasteiger partial charge >= 0.3 is 129 Å². The maximum Gasteiger partial charge on any atom is 0.0643 e. The van der Waals surface area contributed by atoms with Crippen molar-refractivity contribution in [3.63, 3.8) is 0 Å². The maximum absolute atomic E-state index is 11.7. The van der Waals surface area contributed by atoms with Crippen LogP contribution in [0.2, 0.25) is 0 Å². The van der Waals surface area contributed by atoms with E-state index in [0.717, 1.165) is 25.7 Å². The molecule has 7 heteroatoms. The van der Waals surface area contributed by atoms with Crippen molar-refractivity contribution in [1.29, 1.82) is 0 Å². The van der Waals surface area contributed by atoms with E-state index in [1.807, 2.05) is 0 Å². The average molecular weight is 487 g/mol. The number of carboxylic acid groups (broad SMARTS) is 2. The van der Waals surface area contributed by atoms with Crippen LogP contribution in [0.15, 0.2) is 12.2 Å². The van der Waals surface area contributed by atoms with Crippen molar-refractivity contribution in [2.45, 2.75) is 90.9 Å². The number of aliphatic carboxylic acids is 2. The van der Waals surface area contributed by atoms with Gasteiger partial charge in [-0.1, -0.05) is 0 Å². The molecule has 0 aromatic heterocycles. The molecule has 0 aromatic carbocycles. The summed E-state index contributed by atoms with van der Waals surface area (Å²) in [4.78, 5) is 42.2. The minimum Gasteiger partial charge on any atom is -0.545 e. The van der Waals surface area contributed by atoms with Gasteiger partial charge in [0.25, 0.3) is 0 Å². The molecule has 0 unspecified atom stereocenters. The number of unbranched alkanes of at least 4 members (excludes halogenated alkanes) is 8. The van der Waals surface area contributed by atoms with Crippen molar-refractivity contribution in [2.24, 2.45) is 0 Å². The molecule has 6 nitrogen and oxygen atoms in total. The van der Waals surface area contributed by atoms with Crippen molar-refractivity contribution in [1.82, 2.24) is 0 Å². The second-order valence-corrected chi connectivity index (χ2v) is 10.2. The Balaban J connectivity index is 0. The molecule has 0 bridgehead atoms. The molecular formula is C20H32O6Sn. The van der Waals surface area contributed by atoms with Crippen LogP contribution >= 0.6 is 0 Å². The fraction of sp³-hybridized carbons (Fsp3) is 0.700. The van der Waals surface area contributed by atoms with Gasteiger partial charge in [0.1, 0.15) is 0 Å². The molecule has 0 N–H and O–H groups in total. The predicted octanol–water partition coefficient (Wildman–Crippen LogP) is 1.51. The minimum atomic E-state index is -1.55. The van der Waals surface area contributed by atoms with Gasteiger partial charge in [0.05, 0.1) is 11.9 Å². The Morgan fingerprint density at radius 2 is 0.963 bits per heavy atom. The fourth-order valence-electron chi connectivity index (χ4n) is 2.19. The van der Waals surface area contributed by atoms with Crippen LogP contribution in [0, 0.1) is 0 Å². The fourth-order valence-corrected chi connectivity index (χ4v) is 4.81. The third-order valence-electron chi connectivity index (χ3n) is 3.65. The molecule has 0 aliphatic carbocycles. The standard InChI is InChI=1S/2C8H15O.C4H4O4.Sn/c2*1-2-3-4-5-6-7-8-9;5-3(6)1-2-4(7)8;/h2*2-7H2,1H3;1-2H,(H,5,6)(H,7,8);/q;;;+2/p-2/b;;2-1-;. The second-order valence-electron chi connectivity index (χ2n) is 6.27. The Bertz CT molecular complexity index is 419. The molecule has 0 atom stereocenters. The largest absolute Gasteiger partial charge is 0.545 e. The molecule has 0 saturated heterocycles. The van der Waals surface area contributed by atoms with Crippen molar-refractivity contribution in [2.75, 3.05) is 0 Å². The van der Waals surface area contributed by atoms with E-state index in [9.17, 15) is 29.4 Å². The smallest absolute Gasteiger partial charge is 0.0643 e. The van der Waals surface area contributed by atoms with Gasteiger partial charge < -0.3 is 19.8 Å². The Kier molecular flexibility index (Phi) is 21.9. The molecule has 0 radical (unpaired) electrons. The normalized spacial score (nSPS) is 10.0. The summed E-state index contributed by atoms with van der Waals surface area (Å²) in [7, 11) is 0. The van der Waals surface area contributed by atoms with Crippen molar-refractivity contribution in [3.05, 3.63) is 12.2 Å². The van der Waals surface area contributed by atoms with Crippen LogP contribution in [0.1, 0.15) is 90.9 Å². The Morgan fingerprint density at radius 1 is 0.630 bits per heavy atom. The molecule has 0 spiro atoms. The monoisotopic (exact) mass is 488 g/mol. The molecule has 0 aliphatic heterocycles. The van der Waals surface area contributed by atoms with Crippen LogP contribution in [0.3, 0.4) is 0 Å². The molecule has 152 valence electrons. The van der Waals surface area contributed by atoms with Gasteiger partial charge in [0.2, 0.25) is 0 Å². The number of rotatable bonds is 16. The molecule has 0 aromatic rings. The number of hydrogen-bond acceptors (Lipinski definition) is 6. The number of hydrogen-bond donors (Lipinski definition) is 0. The van der Waals surface area contributed by atoms with E-state index in [0.29, 0.717) is 32.6 Å². The van der Waals surface area contributed by atoms with E-state index in [4.69, 9.17) is 0 Å². The van der Waals surface area contributed by atoms with Crippen LogP contribution in [0.4, 0.5) is 0 Å².